The molecule has 0 aliphatic heterocycles. The topological polar surface area (TPSA) is 77.6 Å². The highest BCUT2D eigenvalue weighted by Gasteiger charge is 2.42. The number of nitrogens with one attached hydrogen (secondary N) is 1. The number of aromatic nitrogens is 5. The Bertz CT molecular complexity index is 1040. The summed E-state index contributed by atoms with van der Waals surface area (Å²) in [6.45, 7) is 6.22. The Labute approximate surface area is 169 Å². The lowest BCUT2D eigenvalue weighted by molar-refractivity contribution is -0.143. The lowest BCUT2D eigenvalue weighted by Crippen LogP contribution is -2.32. The second kappa shape index (κ2) is 8.25. The number of aryl methyl sites for hydroxylation is 2. The minimum atomic E-state index is -4.89. The largest absolute Gasteiger partial charge is 0.435 e. The Morgan fingerprint density at radius 2 is 1.87 bits per heavy atom. The van der Waals surface area contributed by atoms with Gasteiger partial charge in [0.1, 0.15) is 5.82 Å². The first kappa shape index (κ1) is 21.5. The molecule has 1 N–H and O–H groups in total. The fourth-order valence-corrected chi connectivity index (χ4v) is 3.02. The summed E-state index contributed by atoms with van der Waals surface area (Å²) in [4.78, 5) is 12.4. The fraction of sp³-hybridized carbons (Fsp3) is 0.368. The number of alkyl halides is 3. The van der Waals surface area contributed by atoms with Gasteiger partial charge >= 0.3 is 6.18 Å². The number of carbonyl (C=O) groups excluding carboxylic acids is 1. The molecule has 0 aliphatic rings. The van der Waals surface area contributed by atoms with Gasteiger partial charge in [-0.25, -0.2) is 9.07 Å². The molecule has 160 valence electrons. The van der Waals surface area contributed by atoms with E-state index in [4.69, 9.17) is 0 Å². The Kier molecular flexibility index (Phi) is 5.90. The van der Waals surface area contributed by atoms with Crippen LogP contribution in [0, 0.1) is 25.6 Å². The first-order valence-corrected chi connectivity index (χ1v) is 9.14. The summed E-state index contributed by atoms with van der Waals surface area (Å²) < 4.78 is 56.2. The van der Waals surface area contributed by atoms with Crippen molar-refractivity contribution in [3.63, 3.8) is 0 Å². The predicted octanol–water partition coefficient (Wildman–Crippen LogP) is 3.30. The molecule has 1 amide bonds. The van der Waals surface area contributed by atoms with Crippen molar-refractivity contribution in [3.05, 3.63) is 58.9 Å². The van der Waals surface area contributed by atoms with Crippen LogP contribution < -0.4 is 5.32 Å². The van der Waals surface area contributed by atoms with E-state index in [1.165, 1.54) is 0 Å². The molecule has 7 nitrogen and oxygen atoms in total. The Balaban J connectivity index is 1.77. The number of benzene rings is 1. The SMILES string of the molecule is Cc1cc(C)n(CC(C)CNC(=O)c2nnn(-c3ccc(F)cc3)c2C(F)(F)F)n1. The van der Waals surface area contributed by atoms with Crippen molar-refractivity contribution in [1.29, 1.82) is 0 Å². The van der Waals surface area contributed by atoms with Crippen molar-refractivity contribution in [2.45, 2.75) is 33.5 Å². The molecule has 3 rings (SSSR count). The standard InChI is InChI=1S/C19H20F4N6O/c1-11(10-28-13(3)8-12(2)26-28)9-24-18(30)16-17(19(21,22)23)29(27-25-16)15-6-4-14(20)5-7-15/h4-8,11H,9-10H2,1-3H3,(H,24,30). The zero-order valence-corrected chi connectivity index (χ0v) is 16.5. The van der Waals surface area contributed by atoms with Crippen LogP contribution in [-0.4, -0.2) is 37.2 Å². The van der Waals surface area contributed by atoms with E-state index in [0.717, 1.165) is 35.7 Å². The smallest absolute Gasteiger partial charge is 0.350 e. The number of rotatable bonds is 6. The van der Waals surface area contributed by atoms with Crippen LogP contribution in [0.3, 0.4) is 0 Å². The normalized spacial score (nSPS) is 12.8. The molecule has 0 aliphatic carbocycles. The maximum Gasteiger partial charge on any atom is 0.435 e. The molecular weight excluding hydrogens is 404 g/mol. The fourth-order valence-electron chi connectivity index (χ4n) is 3.02. The summed E-state index contributed by atoms with van der Waals surface area (Å²) in [5.41, 5.74) is -0.417. The lowest BCUT2D eigenvalue weighted by atomic mass is 10.1. The van der Waals surface area contributed by atoms with E-state index >= 15 is 0 Å². The molecule has 0 spiro atoms. The summed E-state index contributed by atoms with van der Waals surface area (Å²) >= 11 is 0. The van der Waals surface area contributed by atoms with Gasteiger partial charge in [-0.3, -0.25) is 9.48 Å². The van der Waals surface area contributed by atoms with Crippen molar-refractivity contribution in [1.82, 2.24) is 30.1 Å². The zero-order valence-electron chi connectivity index (χ0n) is 16.5. The van der Waals surface area contributed by atoms with Crippen molar-refractivity contribution >= 4 is 5.91 Å². The summed E-state index contributed by atoms with van der Waals surface area (Å²) in [7, 11) is 0. The lowest BCUT2D eigenvalue weighted by Gasteiger charge is -2.14. The second-order valence-electron chi connectivity index (χ2n) is 7.10. The number of hydrogen-bond acceptors (Lipinski definition) is 4. The number of halogens is 4. The van der Waals surface area contributed by atoms with Crippen LogP contribution in [0.1, 0.15) is 34.5 Å². The summed E-state index contributed by atoms with van der Waals surface area (Å²) in [6, 6.07) is 6.15. The van der Waals surface area contributed by atoms with Gasteiger partial charge in [0.15, 0.2) is 11.4 Å². The van der Waals surface area contributed by atoms with E-state index in [-0.39, 0.29) is 18.2 Å². The highest BCUT2D eigenvalue weighted by Crippen LogP contribution is 2.32. The molecule has 0 fully saturated rings. The summed E-state index contributed by atoms with van der Waals surface area (Å²) in [5, 5.41) is 13.7. The average Bonchev–Trinajstić information content (AvgIpc) is 3.24. The average molecular weight is 424 g/mol. The maximum absolute atomic E-state index is 13.6. The van der Waals surface area contributed by atoms with Crippen LogP contribution in [0.2, 0.25) is 0 Å². The van der Waals surface area contributed by atoms with Crippen LogP contribution in [-0.2, 0) is 12.7 Å². The molecule has 1 unspecified atom stereocenters. The quantitative estimate of drug-likeness (QED) is 0.616. The van der Waals surface area contributed by atoms with Gasteiger partial charge in [-0.1, -0.05) is 12.1 Å². The van der Waals surface area contributed by atoms with Gasteiger partial charge in [-0.2, -0.15) is 18.3 Å². The van der Waals surface area contributed by atoms with Gasteiger partial charge in [-0.05, 0) is 50.1 Å². The molecule has 11 heteroatoms. The zero-order chi connectivity index (χ0) is 22.1. The predicted molar refractivity (Wildman–Crippen MR) is 99.5 cm³/mol. The number of amides is 1. The van der Waals surface area contributed by atoms with Crippen LogP contribution in [0.4, 0.5) is 17.6 Å². The Morgan fingerprint density at radius 3 is 2.43 bits per heavy atom. The Hall–Kier alpha value is -3.24. The van der Waals surface area contributed by atoms with Crippen LogP contribution in [0.15, 0.2) is 30.3 Å². The van der Waals surface area contributed by atoms with Crippen molar-refractivity contribution in [2.24, 2.45) is 5.92 Å². The highest BCUT2D eigenvalue weighted by atomic mass is 19.4. The molecule has 2 heterocycles. The van der Waals surface area contributed by atoms with Crippen LogP contribution in [0.25, 0.3) is 5.69 Å². The van der Waals surface area contributed by atoms with E-state index in [1.807, 2.05) is 26.8 Å². The molecule has 0 bridgehead atoms. The molecule has 30 heavy (non-hydrogen) atoms. The van der Waals surface area contributed by atoms with Gasteiger partial charge in [0.25, 0.3) is 5.91 Å². The first-order chi connectivity index (χ1) is 14.1. The van der Waals surface area contributed by atoms with E-state index in [9.17, 15) is 22.4 Å². The molecule has 1 aromatic carbocycles. The molecular formula is C19H20F4N6O. The monoisotopic (exact) mass is 424 g/mol. The molecule has 3 aromatic rings. The second-order valence-corrected chi connectivity index (χ2v) is 7.10. The molecule has 1 atom stereocenters. The van der Waals surface area contributed by atoms with Crippen LogP contribution >= 0.6 is 0 Å². The minimum absolute atomic E-state index is 0.0619. The molecule has 0 saturated heterocycles. The number of hydrogen-bond donors (Lipinski definition) is 1. The summed E-state index contributed by atoms with van der Waals surface area (Å²) in [6.07, 6.45) is -4.89. The van der Waals surface area contributed by atoms with Gasteiger partial charge in [0, 0.05) is 18.8 Å². The van der Waals surface area contributed by atoms with Crippen molar-refractivity contribution < 1.29 is 22.4 Å². The van der Waals surface area contributed by atoms with E-state index in [0.29, 0.717) is 11.2 Å². The van der Waals surface area contributed by atoms with Gasteiger partial charge in [0.2, 0.25) is 0 Å². The minimum Gasteiger partial charge on any atom is -0.350 e. The summed E-state index contributed by atoms with van der Waals surface area (Å²) in [5.74, 6) is -1.69. The van der Waals surface area contributed by atoms with Crippen molar-refractivity contribution in [3.8, 4) is 5.69 Å². The number of nitrogens with zero attached hydrogens (tertiary/aromatic N) is 5. The number of carbonyl (C=O) groups is 1. The third-order valence-electron chi connectivity index (χ3n) is 4.42. The van der Waals surface area contributed by atoms with E-state index < -0.39 is 29.3 Å². The van der Waals surface area contributed by atoms with Gasteiger partial charge < -0.3 is 5.32 Å². The van der Waals surface area contributed by atoms with Crippen LogP contribution in [0.5, 0.6) is 0 Å². The molecule has 0 radical (unpaired) electrons. The third-order valence-corrected chi connectivity index (χ3v) is 4.42. The maximum atomic E-state index is 13.6. The first-order valence-electron chi connectivity index (χ1n) is 9.14. The highest BCUT2D eigenvalue weighted by molar-refractivity contribution is 5.93. The molecule has 0 saturated carbocycles. The molecule has 2 aromatic heterocycles. The van der Waals surface area contributed by atoms with E-state index in [2.05, 4.69) is 20.7 Å². The van der Waals surface area contributed by atoms with E-state index in [1.54, 1.807) is 4.68 Å². The van der Waals surface area contributed by atoms with Gasteiger partial charge in [0.05, 0.1) is 11.4 Å². The Morgan fingerprint density at radius 1 is 1.20 bits per heavy atom. The van der Waals surface area contributed by atoms with Gasteiger partial charge in [-0.15, -0.1) is 5.10 Å². The third kappa shape index (κ3) is 4.66. The van der Waals surface area contributed by atoms with Crippen molar-refractivity contribution in [2.75, 3.05) is 6.54 Å².